The number of hydrogen-bond acceptors (Lipinski definition) is 4. The highest BCUT2D eigenvalue weighted by Crippen LogP contribution is 2.34. The Morgan fingerprint density at radius 3 is 2.84 bits per heavy atom. The zero-order valence-electron chi connectivity index (χ0n) is 10.2. The minimum atomic E-state index is -4.32. The van der Waals surface area contributed by atoms with Gasteiger partial charge < -0.3 is 4.74 Å². The lowest BCUT2D eigenvalue weighted by Crippen LogP contribution is -2.03. The van der Waals surface area contributed by atoms with E-state index in [4.69, 9.17) is 4.74 Å². The number of ether oxygens (including phenoxy) is 1. The Bertz CT molecular complexity index is 553. The Morgan fingerprint density at radius 2 is 2.16 bits per heavy atom. The van der Waals surface area contributed by atoms with Gasteiger partial charge in [0.25, 0.3) is 0 Å². The number of aromatic nitrogens is 1. The summed E-state index contributed by atoms with van der Waals surface area (Å²) >= 11 is 2.90. The molecule has 1 aromatic carbocycles. The van der Waals surface area contributed by atoms with Gasteiger partial charge in [0.2, 0.25) is 0 Å². The van der Waals surface area contributed by atoms with Gasteiger partial charge in [-0.3, -0.25) is 0 Å². The van der Waals surface area contributed by atoms with E-state index in [9.17, 15) is 13.2 Å². The van der Waals surface area contributed by atoms with Gasteiger partial charge in [0, 0.05) is 12.4 Å². The third-order valence-corrected chi connectivity index (χ3v) is 4.50. The number of thiazole rings is 1. The van der Waals surface area contributed by atoms with Gasteiger partial charge in [-0.1, -0.05) is 11.8 Å². The van der Waals surface area contributed by atoms with E-state index in [1.54, 1.807) is 0 Å². The minimum Gasteiger partial charge on any atom is -0.381 e. The van der Waals surface area contributed by atoms with E-state index in [-0.39, 0.29) is 0 Å². The van der Waals surface area contributed by atoms with Crippen LogP contribution in [0.3, 0.4) is 0 Å². The van der Waals surface area contributed by atoms with Gasteiger partial charge in [0.05, 0.1) is 22.4 Å². The van der Waals surface area contributed by atoms with E-state index in [2.05, 4.69) is 4.98 Å². The fourth-order valence-electron chi connectivity index (χ4n) is 1.48. The molecule has 0 atom stereocenters. The summed E-state index contributed by atoms with van der Waals surface area (Å²) in [6, 6.07) is 3.66. The maximum Gasteiger partial charge on any atom is 0.416 e. The van der Waals surface area contributed by atoms with Gasteiger partial charge in [-0.15, -0.1) is 11.3 Å². The van der Waals surface area contributed by atoms with E-state index in [1.165, 1.54) is 29.2 Å². The average Bonchev–Trinajstić information content (AvgIpc) is 2.75. The first-order valence-electron chi connectivity index (χ1n) is 5.69. The minimum absolute atomic E-state index is 0.402. The first-order valence-corrected chi connectivity index (χ1v) is 7.49. The molecule has 0 aliphatic carbocycles. The lowest BCUT2D eigenvalue weighted by molar-refractivity contribution is -0.137. The Hall–Kier alpha value is -0.790. The summed E-state index contributed by atoms with van der Waals surface area (Å²) in [5.41, 5.74) is -0.255. The van der Waals surface area contributed by atoms with Crippen LogP contribution in [-0.2, 0) is 10.9 Å². The van der Waals surface area contributed by atoms with Gasteiger partial charge in [-0.05, 0) is 25.1 Å². The molecule has 0 aliphatic heterocycles. The van der Waals surface area contributed by atoms with Gasteiger partial charge in [0.1, 0.15) is 0 Å². The quantitative estimate of drug-likeness (QED) is 0.602. The van der Waals surface area contributed by atoms with Crippen LogP contribution >= 0.6 is 23.1 Å². The van der Waals surface area contributed by atoms with Crippen LogP contribution < -0.4 is 0 Å². The van der Waals surface area contributed by atoms with Crippen LogP contribution in [0.15, 0.2) is 22.5 Å². The van der Waals surface area contributed by atoms with E-state index in [1.807, 2.05) is 6.92 Å². The monoisotopic (exact) mass is 307 g/mol. The summed E-state index contributed by atoms with van der Waals surface area (Å²) in [6.07, 6.45) is -4.32. The van der Waals surface area contributed by atoms with E-state index >= 15 is 0 Å². The van der Waals surface area contributed by atoms with Gasteiger partial charge >= 0.3 is 6.18 Å². The van der Waals surface area contributed by atoms with Crippen molar-refractivity contribution >= 4 is 33.3 Å². The van der Waals surface area contributed by atoms with Crippen molar-refractivity contribution in [2.45, 2.75) is 17.4 Å². The maximum absolute atomic E-state index is 12.6. The molecule has 0 unspecified atom stereocenters. The number of fused-ring (bicyclic) bond motifs is 1. The molecule has 0 radical (unpaired) electrons. The maximum atomic E-state index is 12.6. The molecule has 0 aliphatic rings. The lowest BCUT2D eigenvalue weighted by atomic mass is 10.2. The van der Waals surface area contributed by atoms with Crippen LogP contribution in [0.2, 0.25) is 0 Å². The molecular formula is C12H12F3NOS2. The smallest absolute Gasteiger partial charge is 0.381 e. The predicted octanol–water partition coefficient (Wildman–Crippen LogP) is 4.44. The average molecular weight is 307 g/mol. The van der Waals surface area contributed by atoms with E-state index in [0.717, 1.165) is 26.9 Å². The molecule has 104 valence electrons. The molecule has 0 N–H and O–H groups in total. The third kappa shape index (κ3) is 3.84. The van der Waals surface area contributed by atoms with Gasteiger partial charge in [-0.25, -0.2) is 4.98 Å². The fraction of sp³-hybridized carbons (Fsp3) is 0.417. The van der Waals surface area contributed by atoms with Gasteiger partial charge in [-0.2, -0.15) is 13.2 Å². The van der Waals surface area contributed by atoms with E-state index in [0.29, 0.717) is 18.7 Å². The zero-order chi connectivity index (χ0) is 13.9. The zero-order valence-corrected chi connectivity index (χ0v) is 11.8. The second-order valence-corrected chi connectivity index (χ2v) is 6.08. The number of alkyl halides is 3. The van der Waals surface area contributed by atoms with Crippen LogP contribution in [0.4, 0.5) is 13.2 Å². The lowest BCUT2D eigenvalue weighted by Gasteiger charge is -2.04. The molecule has 2 rings (SSSR count). The molecule has 19 heavy (non-hydrogen) atoms. The van der Waals surface area contributed by atoms with Crippen molar-refractivity contribution in [3.05, 3.63) is 23.8 Å². The summed E-state index contributed by atoms with van der Waals surface area (Å²) in [6.45, 7) is 3.20. The van der Waals surface area contributed by atoms with Crippen molar-refractivity contribution in [3.8, 4) is 0 Å². The number of thioether (sulfide) groups is 1. The topological polar surface area (TPSA) is 22.1 Å². The SMILES string of the molecule is CCOCCSc1nc2cc(C(F)(F)F)ccc2s1. The highest BCUT2D eigenvalue weighted by molar-refractivity contribution is 8.01. The van der Waals surface area contributed by atoms with Crippen LogP contribution in [0.25, 0.3) is 10.2 Å². The van der Waals surface area contributed by atoms with Crippen LogP contribution in [-0.4, -0.2) is 24.0 Å². The van der Waals surface area contributed by atoms with Crippen molar-refractivity contribution in [2.24, 2.45) is 0 Å². The number of halogens is 3. The summed E-state index contributed by atoms with van der Waals surface area (Å²) < 4.78 is 44.4. The molecule has 0 spiro atoms. The Kier molecular flexibility index (Phi) is 4.70. The molecular weight excluding hydrogens is 295 g/mol. The molecule has 0 fully saturated rings. The predicted molar refractivity (Wildman–Crippen MR) is 71.8 cm³/mol. The summed E-state index contributed by atoms with van der Waals surface area (Å²) in [7, 11) is 0. The summed E-state index contributed by atoms with van der Waals surface area (Å²) in [5, 5.41) is 0. The Labute approximate surface area is 117 Å². The summed E-state index contributed by atoms with van der Waals surface area (Å²) in [4.78, 5) is 4.21. The van der Waals surface area contributed by atoms with Crippen molar-refractivity contribution in [2.75, 3.05) is 19.0 Å². The first kappa shape index (κ1) is 14.6. The molecule has 2 aromatic rings. The second kappa shape index (κ2) is 6.11. The fourth-order valence-corrected chi connectivity index (χ4v) is 3.45. The van der Waals surface area contributed by atoms with E-state index < -0.39 is 11.7 Å². The molecule has 0 bridgehead atoms. The molecule has 1 heterocycles. The van der Waals surface area contributed by atoms with Crippen LogP contribution in [0.5, 0.6) is 0 Å². The van der Waals surface area contributed by atoms with Crippen molar-refractivity contribution in [1.29, 1.82) is 0 Å². The number of rotatable bonds is 5. The second-order valence-electron chi connectivity index (χ2n) is 3.71. The van der Waals surface area contributed by atoms with Crippen molar-refractivity contribution < 1.29 is 17.9 Å². The van der Waals surface area contributed by atoms with Crippen molar-refractivity contribution in [1.82, 2.24) is 4.98 Å². The van der Waals surface area contributed by atoms with Crippen LogP contribution in [0, 0.1) is 0 Å². The summed E-state index contributed by atoms with van der Waals surface area (Å²) in [5.74, 6) is 0.750. The molecule has 0 amide bonds. The van der Waals surface area contributed by atoms with Gasteiger partial charge in [0.15, 0.2) is 4.34 Å². The third-order valence-electron chi connectivity index (χ3n) is 2.35. The number of benzene rings is 1. The van der Waals surface area contributed by atoms with Crippen LogP contribution in [0.1, 0.15) is 12.5 Å². The standard InChI is InChI=1S/C12H12F3NOS2/c1-2-17-5-6-18-11-16-9-7-8(12(13,14)15)3-4-10(9)19-11/h3-4,7H,2,5-6H2,1H3. The molecule has 2 nitrogen and oxygen atoms in total. The number of hydrogen-bond donors (Lipinski definition) is 0. The Morgan fingerprint density at radius 1 is 1.37 bits per heavy atom. The normalized spacial score (nSPS) is 12.2. The molecule has 1 aromatic heterocycles. The van der Waals surface area contributed by atoms with Crippen molar-refractivity contribution in [3.63, 3.8) is 0 Å². The molecule has 0 saturated heterocycles. The largest absolute Gasteiger partial charge is 0.416 e. The Balaban J connectivity index is 2.12. The highest BCUT2D eigenvalue weighted by Gasteiger charge is 2.30. The highest BCUT2D eigenvalue weighted by atomic mass is 32.2. The first-order chi connectivity index (χ1) is 9.00. The molecule has 7 heteroatoms. The number of nitrogens with zero attached hydrogens (tertiary/aromatic N) is 1. The molecule has 0 saturated carbocycles.